The molecule has 0 spiro atoms. The predicted octanol–water partition coefficient (Wildman–Crippen LogP) is 5.17. The summed E-state index contributed by atoms with van der Waals surface area (Å²) in [5, 5.41) is 12.5. The van der Waals surface area contributed by atoms with Crippen LogP contribution in [0.2, 0.25) is 5.28 Å². The number of halogens is 2. The van der Waals surface area contributed by atoms with Crippen LogP contribution in [0, 0.1) is 5.82 Å². The van der Waals surface area contributed by atoms with E-state index in [2.05, 4.69) is 14.9 Å². The summed E-state index contributed by atoms with van der Waals surface area (Å²) < 4.78 is 21.3. The van der Waals surface area contributed by atoms with E-state index < -0.39 is 5.82 Å². The van der Waals surface area contributed by atoms with E-state index in [0.29, 0.717) is 42.1 Å². The molecule has 2 heterocycles. The number of aromatic hydroxyl groups is 1. The van der Waals surface area contributed by atoms with E-state index in [9.17, 15) is 5.11 Å². The zero-order valence-electron chi connectivity index (χ0n) is 16.1. The highest BCUT2D eigenvalue weighted by Crippen LogP contribution is 2.37. The number of benzene rings is 3. The second-order valence-corrected chi connectivity index (χ2v) is 7.65. The summed E-state index contributed by atoms with van der Waals surface area (Å²) in [6.07, 6.45) is 0.860. The van der Waals surface area contributed by atoms with Gasteiger partial charge in [0, 0.05) is 30.6 Å². The minimum Gasteiger partial charge on any atom is -0.508 e. The van der Waals surface area contributed by atoms with Crippen LogP contribution in [0.4, 0.5) is 10.2 Å². The molecule has 1 saturated heterocycles. The van der Waals surface area contributed by atoms with Crippen LogP contribution in [-0.4, -0.2) is 41.4 Å². The molecule has 5 rings (SSSR count). The fraction of sp³-hybridized carbons (Fsp3) is 0.217. The van der Waals surface area contributed by atoms with E-state index in [1.54, 1.807) is 18.2 Å². The average molecular weight is 424 g/mol. The van der Waals surface area contributed by atoms with Gasteiger partial charge in [-0.05, 0) is 52.6 Å². The summed E-state index contributed by atoms with van der Waals surface area (Å²) in [6.45, 7) is 2.68. The Morgan fingerprint density at radius 3 is 2.73 bits per heavy atom. The maximum Gasteiger partial charge on any atom is 0.225 e. The van der Waals surface area contributed by atoms with Gasteiger partial charge < -0.3 is 14.7 Å². The number of rotatable bonds is 2. The first kappa shape index (κ1) is 19.0. The molecule has 1 N–H and O–H groups in total. The van der Waals surface area contributed by atoms with E-state index in [-0.39, 0.29) is 16.5 Å². The predicted molar refractivity (Wildman–Crippen MR) is 117 cm³/mol. The SMILES string of the molecule is Oc1cc(-c2ccc3c(N4CCCOCC4)nc(Cl)nc3c2F)c2ccccc2c1. The summed E-state index contributed by atoms with van der Waals surface area (Å²) >= 11 is 6.19. The molecule has 1 aliphatic heterocycles. The number of hydrogen-bond donors (Lipinski definition) is 1. The molecule has 1 aliphatic rings. The van der Waals surface area contributed by atoms with E-state index in [1.807, 2.05) is 30.3 Å². The van der Waals surface area contributed by atoms with Gasteiger partial charge in [0.25, 0.3) is 0 Å². The second-order valence-electron chi connectivity index (χ2n) is 7.31. The first-order valence-corrected chi connectivity index (χ1v) is 10.2. The minimum absolute atomic E-state index is 0.000479. The minimum atomic E-state index is -0.486. The Morgan fingerprint density at radius 2 is 1.83 bits per heavy atom. The monoisotopic (exact) mass is 423 g/mol. The molecule has 30 heavy (non-hydrogen) atoms. The van der Waals surface area contributed by atoms with Crippen LogP contribution in [0.25, 0.3) is 32.8 Å². The molecule has 0 amide bonds. The Bertz CT molecular complexity index is 1260. The third-order valence-electron chi connectivity index (χ3n) is 5.42. The molecule has 1 aromatic heterocycles. The van der Waals surface area contributed by atoms with Gasteiger partial charge in [0.1, 0.15) is 17.1 Å². The first-order valence-electron chi connectivity index (χ1n) is 9.82. The first-order chi connectivity index (χ1) is 14.6. The van der Waals surface area contributed by atoms with Crippen molar-refractivity contribution in [3.05, 3.63) is 59.6 Å². The van der Waals surface area contributed by atoms with Gasteiger partial charge in [-0.3, -0.25) is 0 Å². The van der Waals surface area contributed by atoms with Crippen molar-refractivity contribution in [3.8, 4) is 16.9 Å². The van der Waals surface area contributed by atoms with Crippen molar-refractivity contribution in [3.63, 3.8) is 0 Å². The Labute approximate surface area is 177 Å². The number of nitrogens with zero attached hydrogens (tertiary/aromatic N) is 3. The van der Waals surface area contributed by atoms with Crippen molar-refractivity contribution in [2.24, 2.45) is 0 Å². The highest BCUT2D eigenvalue weighted by atomic mass is 35.5. The van der Waals surface area contributed by atoms with Crippen LogP contribution in [0.3, 0.4) is 0 Å². The van der Waals surface area contributed by atoms with Crippen molar-refractivity contribution < 1.29 is 14.2 Å². The molecule has 0 bridgehead atoms. The molecule has 7 heteroatoms. The summed E-state index contributed by atoms with van der Waals surface area (Å²) in [5.41, 5.74) is 1.12. The third kappa shape index (κ3) is 3.32. The molecule has 1 fully saturated rings. The molecule has 0 atom stereocenters. The van der Waals surface area contributed by atoms with Gasteiger partial charge in [-0.2, -0.15) is 4.98 Å². The van der Waals surface area contributed by atoms with E-state index in [0.717, 1.165) is 23.7 Å². The van der Waals surface area contributed by atoms with Gasteiger partial charge in [0.05, 0.1) is 6.61 Å². The number of ether oxygens (including phenoxy) is 1. The molecule has 3 aromatic carbocycles. The largest absolute Gasteiger partial charge is 0.508 e. The maximum absolute atomic E-state index is 15.7. The Morgan fingerprint density at radius 1 is 0.967 bits per heavy atom. The quantitative estimate of drug-likeness (QED) is 0.450. The van der Waals surface area contributed by atoms with Crippen molar-refractivity contribution in [1.82, 2.24) is 9.97 Å². The Hall–Kier alpha value is -2.96. The smallest absolute Gasteiger partial charge is 0.225 e. The van der Waals surface area contributed by atoms with Crippen molar-refractivity contribution in [2.75, 3.05) is 31.2 Å². The number of fused-ring (bicyclic) bond motifs is 2. The summed E-state index contributed by atoms with van der Waals surface area (Å²) in [4.78, 5) is 10.7. The van der Waals surface area contributed by atoms with E-state index >= 15 is 4.39 Å². The third-order valence-corrected chi connectivity index (χ3v) is 5.59. The number of anilines is 1. The lowest BCUT2D eigenvalue weighted by Crippen LogP contribution is -2.27. The fourth-order valence-electron chi connectivity index (χ4n) is 4.04. The van der Waals surface area contributed by atoms with Gasteiger partial charge in [-0.1, -0.05) is 30.3 Å². The van der Waals surface area contributed by atoms with Crippen molar-refractivity contribution in [1.29, 1.82) is 0 Å². The van der Waals surface area contributed by atoms with E-state index in [4.69, 9.17) is 16.3 Å². The van der Waals surface area contributed by atoms with Gasteiger partial charge in [0.15, 0.2) is 5.82 Å². The lowest BCUT2D eigenvalue weighted by Gasteiger charge is -2.22. The Balaban J connectivity index is 1.73. The van der Waals surface area contributed by atoms with Gasteiger partial charge in [-0.15, -0.1) is 0 Å². The molecular weight excluding hydrogens is 405 g/mol. The molecule has 0 saturated carbocycles. The zero-order chi connectivity index (χ0) is 20.7. The van der Waals surface area contributed by atoms with Crippen LogP contribution in [-0.2, 0) is 4.74 Å². The topological polar surface area (TPSA) is 58.5 Å². The van der Waals surface area contributed by atoms with Crippen LogP contribution in [0.1, 0.15) is 6.42 Å². The van der Waals surface area contributed by atoms with Crippen molar-refractivity contribution in [2.45, 2.75) is 6.42 Å². The van der Waals surface area contributed by atoms with Crippen LogP contribution >= 0.6 is 11.6 Å². The second kappa shape index (κ2) is 7.70. The summed E-state index contributed by atoms with van der Waals surface area (Å²) in [6, 6.07) is 14.3. The van der Waals surface area contributed by atoms with Gasteiger partial charge in [-0.25, -0.2) is 9.37 Å². The number of aromatic nitrogens is 2. The average Bonchev–Trinajstić information content (AvgIpc) is 3.03. The lowest BCUT2D eigenvalue weighted by atomic mass is 9.96. The summed E-state index contributed by atoms with van der Waals surface area (Å²) in [5.74, 6) is 0.204. The van der Waals surface area contributed by atoms with Gasteiger partial charge in [0.2, 0.25) is 5.28 Å². The maximum atomic E-state index is 15.7. The lowest BCUT2D eigenvalue weighted by molar-refractivity contribution is 0.152. The molecule has 0 unspecified atom stereocenters. The van der Waals surface area contributed by atoms with E-state index in [1.165, 1.54) is 0 Å². The molecule has 4 aromatic rings. The van der Waals surface area contributed by atoms with Crippen LogP contribution < -0.4 is 4.90 Å². The standard InChI is InChI=1S/C23H19ClFN3O2/c24-23-26-21-18(22(27-23)28-8-3-10-30-11-9-28)7-6-17(20(21)25)19-13-15(29)12-14-4-1-2-5-16(14)19/h1-2,4-7,12-13,29H,3,8-11H2. The Kier molecular flexibility index (Phi) is 4.89. The highest BCUT2D eigenvalue weighted by Gasteiger charge is 2.21. The molecule has 0 aliphatic carbocycles. The van der Waals surface area contributed by atoms with Crippen LogP contribution in [0.15, 0.2) is 48.5 Å². The van der Waals surface area contributed by atoms with Crippen LogP contribution in [0.5, 0.6) is 5.75 Å². The normalized spacial score (nSPS) is 14.9. The number of hydrogen-bond acceptors (Lipinski definition) is 5. The molecular formula is C23H19ClFN3O2. The zero-order valence-corrected chi connectivity index (χ0v) is 16.9. The number of phenolic OH excluding ortho intramolecular Hbond substituents is 1. The van der Waals surface area contributed by atoms with Crippen molar-refractivity contribution >= 4 is 39.1 Å². The molecule has 5 nitrogen and oxygen atoms in total. The molecule has 152 valence electrons. The number of phenols is 1. The molecule has 0 radical (unpaired) electrons. The highest BCUT2D eigenvalue weighted by molar-refractivity contribution is 6.29. The summed E-state index contributed by atoms with van der Waals surface area (Å²) in [7, 11) is 0. The van der Waals surface area contributed by atoms with Gasteiger partial charge >= 0.3 is 0 Å². The fourth-order valence-corrected chi connectivity index (χ4v) is 4.21.